The quantitative estimate of drug-likeness (QED) is 0.577. The van der Waals surface area contributed by atoms with E-state index in [1.54, 1.807) is 13.1 Å². The molecule has 12 heavy (non-hydrogen) atoms. The number of hydrogen-bond donors (Lipinski definition) is 0. The molecule has 0 spiro atoms. The fourth-order valence-electron chi connectivity index (χ4n) is 0.729. The molecular formula is C8H7I2NO. The van der Waals surface area contributed by atoms with Gasteiger partial charge in [0.05, 0.1) is 5.69 Å². The van der Waals surface area contributed by atoms with Crippen LogP contribution in [0.4, 0.5) is 0 Å². The standard InChI is InChI=1S/C8H7I2NO/c1-6(12)8(9,10)7-4-2-3-5-11-7/h2-5H,1H3. The van der Waals surface area contributed by atoms with Crippen LogP contribution in [-0.2, 0) is 6.22 Å². The van der Waals surface area contributed by atoms with Gasteiger partial charge < -0.3 is 0 Å². The number of halogens is 2. The second-order valence-electron chi connectivity index (χ2n) is 2.35. The highest BCUT2D eigenvalue weighted by molar-refractivity contribution is 14.2. The summed E-state index contributed by atoms with van der Waals surface area (Å²) < 4.78 is -0.517. The molecule has 1 aromatic rings. The van der Waals surface area contributed by atoms with Gasteiger partial charge in [0.25, 0.3) is 0 Å². The van der Waals surface area contributed by atoms with Gasteiger partial charge in [0.15, 0.2) is 7.21 Å². The molecule has 1 rings (SSSR count). The largest absolute Gasteiger partial charge is 0.297 e. The Morgan fingerprint density at radius 2 is 2.17 bits per heavy atom. The highest BCUT2D eigenvalue weighted by Crippen LogP contribution is 2.38. The maximum absolute atomic E-state index is 11.2. The first kappa shape index (κ1) is 10.4. The van der Waals surface area contributed by atoms with E-state index in [1.807, 2.05) is 18.2 Å². The fraction of sp³-hybridized carbons (Fsp3) is 0.250. The van der Waals surface area contributed by atoms with E-state index >= 15 is 0 Å². The molecule has 1 aromatic heterocycles. The van der Waals surface area contributed by atoms with Crippen molar-refractivity contribution in [2.75, 3.05) is 0 Å². The number of ketones is 1. The van der Waals surface area contributed by atoms with Crippen molar-refractivity contribution in [3.63, 3.8) is 0 Å². The van der Waals surface area contributed by atoms with Gasteiger partial charge in [-0.2, -0.15) is 0 Å². The Balaban J connectivity index is 3.06. The fourth-order valence-corrected chi connectivity index (χ4v) is 1.37. The lowest BCUT2D eigenvalue weighted by molar-refractivity contribution is -0.116. The molecule has 0 amide bonds. The van der Waals surface area contributed by atoms with Gasteiger partial charge >= 0.3 is 0 Å². The topological polar surface area (TPSA) is 30.0 Å². The molecule has 0 fully saturated rings. The van der Waals surface area contributed by atoms with Crippen molar-refractivity contribution in [1.29, 1.82) is 0 Å². The van der Waals surface area contributed by atoms with Crippen molar-refractivity contribution in [2.24, 2.45) is 0 Å². The van der Waals surface area contributed by atoms with Crippen LogP contribution in [0.15, 0.2) is 24.4 Å². The molecule has 0 aromatic carbocycles. The summed E-state index contributed by atoms with van der Waals surface area (Å²) in [5.74, 6) is 0.113. The zero-order valence-corrected chi connectivity index (χ0v) is 10.7. The lowest BCUT2D eigenvalue weighted by atomic mass is 10.2. The van der Waals surface area contributed by atoms with Gasteiger partial charge in [-0.15, -0.1) is 0 Å². The third-order valence-corrected chi connectivity index (χ3v) is 4.05. The van der Waals surface area contributed by atoms with E-state index in [0.29, 0.717) is 0 Å². The van der Waals surface area contributed by atoms with Crippen molar-refractivity contribution in [3.05, 3.63) is 30.1 Å². The van der Waals surface area contributed by atoms with Gasteiger partial charge in [0.1, 0.15) is 0 Å². The summed E-state index contributed by atoms with van der Waals surface area (Å²) in [6.45, 7) is 1.58. The molecule has 2 nitrogen and oxygen atoms in total. The van der Waals surface area contributed by atoms with Crippen LogP contribution in [0.25, 0.3) is 0 Å². The summed E-state index contributed by atoms with van der Waals surface area (Å²) in [7, 11) is 0. The number of carbonyl (C=O) groups is 1. The molecule has 64 valence electrons. The zero-order chi connectivity index (χ0) is 9.19. The van der Waals surface area contributed by atoms with Crippen LogP contribution in [0.3, 0.4) is 0 Å². The summed E-state index contributed by atoms with van der Waals surface area (Å²) in [6.07, 6.45) is 1.70. The molecule has 4 heteroatoms. The van der Waals surface area contributed by atoms with Crippen LogP contribution in [-0.4, -0.2) is 10.8 Å². The number of carbonyl (C=O) groups excluding carboxylic acids is 1. The van der Waals surface area contributed by atoms with Gasteiger partial charge in [-0.05, 0) is 19.1 Å². The van der Waals surface area contributed by atoms with Crippen molar-refractivity contribution in [2.45, 2.75) is 8.35 Å². The number of rotatable bonds is 2. The lowest BCUT2D eigenvalue weighted by Crippen LogP contribution is -2.19. The normalized spacial score (nSPS) is 11.2. The Morgan fingerprint density at radius 3 is 2.58 bits per heavy atom. The first-order valence-electron chi connectivity index (χ1n) is 3.35. The second-order valence-corrected chi connectivity index (χ2v) is 7.65. The average molecular weight is 387 g/mol. The van der Waals surface area contributed by atoms with Crippen LogP contribution in [0, 0.1) is 0 Å². The summed E-state index contributed by atoms with van der Waals surface area (Å²) in [5, 5.41) is 0. The Morgan fingerprint density at radius 1 is 1.50 bits per heavy atom. The molecule has 1 heterocycles. The SMILES string of the molecule is CC(=O)C(I)(I)c1ccccn1. The van der Waals surface area contributed by atoms with E-state index in [-0.39, 0.29) is 5.78 Å². The summed E-state index contributed by atoms with van der Waals surface area (Å²) in [6, 6.07) is 5.59. The Labute approximate surface area is 98.4 Å². The second kappa shape index (κ2) is 3.99. The molecule has 0 saturated carbocycles. The molecule has 0 saturated heterocycles. The zero-order valence-electron chi connectivity index (χ0n) is 6.42. The third kappa shape index (κ3) is 2.15. The number of Topliss-reactive ketones (excluding diaryl/α,β-unsaturated/α-hetero) is 1. The molecule has 0 aliphatic carbocycles. The summed E-state index contributed by atoms with van der Waals surface area (Å²) >= 11 is 4.21. The van der Waals surface area contributed by atoms with Crippen LogP contribution in [0.1, 0.15) is 12.6 Å². The van der Waals surface area contributed by atoms with Gasteiger partial charge in [0.2, 0.25) is 0 Å². The van der Waals surface area contributed by atoms with Gasteiger partial charge in [0, 0.05) is 6.20 Å². The Kier molecular flexibility index (Phi) is 3.45. The Hall–Kier alpha value is 0.280. The number of nitrogens with zero attached hydrogens (tertiary/aromatic N) is 1. The molecular weight excluding hydrogens is 380 g/mol. The van der Waals surface area contributed by atoms with Gasteiger partial charge in [-0.3, -0.25) is 9.78 Å². The van der Waals surface area contributed by atoms with Crippen molar-refractivity contribution < 1.29 is 4.79 Å². The van der Waals surface area contributed by atoms with Crippen molar-refractivity contribution in [3.8, 4) is 0 Å². The van der Waals surface area contributed by atoms with Crippen molar-refractivity contribution >= 4 is 51.0 Å². The first-order chi connectivity index (χ1) is 5.55. The first-order valence-corrected chi connectivity index (χ1v) is 5.51. The van der Waals surface area contributed by atoms with Gasteiger partial charge in [-0.1, -0.05) is 51.2 Å². The van der Waals surface area contributed by atoms with E-state index in [2.05, 4.69) is 50.2 Å². The molecule has 0 aliphatic heterocycles. The maximum Gasteiger partial charge on any atom is 0.172 e. The predicted octanol–water partition coefficient (Wildman–Crippen LogP) is 2.69. The summed E-state index contributed by atoms with van der Waals surface area (Å²) in [4.78, 5) is 15.3. The van der Waals surface area contributed by atoms with E-state index in [9.17, 15) is 4.79 Å². The number of aromatic nitrogens is 1. The average Bonchev–Trinajstić information content (AvgIpc) is 2.06. The van der Waals surface area contributed by atoms with Crippen LogP contribution >= 0.6 is 45.2 Å². The number of hydrogen-bond acceptors (Lipinski definition) is 2. The molecule has 0 unspecified atom stereocenters. The molecule has 0 radical (unpaired) electrons. The van der Waals surface area contributed by atoms with Crippen molar-refractivity contribution in [1.82, 2.24) is 4.98 Å². The lowest BCUT2D eigenvalue weighted by Gasteiger charge is -2.15. The van der Waals surface area contributed by atoms with E-state index < -0.39 is 1.43 Å². The minimum absolute atomic E-state index is 0.113. The molecule has 0 atom stereocenters. The molecule has 0 aliphatic rings. The van der Waals surface area contributed by atoms with Crippen LogP contribution < -0.4 is 0 Å². The third-order valence-electron chi connectivity index (χ3n) is 1.43. The number of alkyl halides is 2. The highest BCUT2D eigenvalue weighted by Gasteiger charge is 2.31. The van der Waals surface area contributed by atoms with Crippen LogP contribution in [0.2, 0.25) is 0 Å². The number of pyridine rings is 1. The van der Waals surface area contributed by atoms with Gasteiger partial charge in [-0.25, -0.2) is 0 Å². The van der Waals surface area contributed by atoms with E-state index in [4.69, 9.17) is 0 Å². The maximum atomic E-state index is 11.2. The molecule has 0 N–H and O–H groups in total. The predicted molar refractivity (Wildman–Crippen MR) is 64.6 cm³/mol. The van der Waals surface area contributed by atoms with E-state index in [1.165, 1.54) is 0 Å². The summed E-state index contributed by atoms with van der Waals surface area (Å²) in [5.41, 5.74) is 0.804. The Bertz CT molecular complexity index is 284. The van der Waals surface area contributed by atoms with Crippen LogP contribution in [0.5, 0.6) is 0 Å². The minimum atomic E-state index is -0.517. The minimum Gasteiger partial charge on any atom is -0.297 e. The van der Waals surface area contributed by atoms with E-state index in [0.717, 1.165) is 5.69 Å². The smallest absolute Gasteiger partial charge is 0.172 e. The highest BCUT2D eigenvalue weighted by atomic mass is 127. The monoisotopic (exact) mass is 387 g/mol. The molecule has 0 bridgehead atoms.